The number of nitrogens with zero attached hydrogens (tertiary/aromatic N) is 1. The SMILES string of the molecule is CC(C)Cn1c(CNC(=O)O)c(-c2ccc(Cl)cc2)c2cc(OCc3ccccc3)ccc2c1=O. The van der Waals surface area contributed by atoms with E-state index in [-0.39, 0.29) is 18.0 Å². The van der Waals surface area contributed by atoms with Gasteiger partial charge in [0.1, 0.15) is 12.4 Å². The Morgan fingerprint density at radius 1 is 1.03 bits per heavy atom. The number of rotatable bonds is 8. The summed E-state index contributed by atoms with van der Waals surface area (Å²) in [6.07, 6.45) is -1.16. The van der Waals surface area contributed by atoms with Crippen molar-refractivity contribution in [3.05, 3.63) is 99.4 Å². The standard InChI is InChI=1S/C28H27ClN2O4/c1-18(2)16-31-25(15-30-28(33)34)26(20-8-10-21(29)11-9-20)24-14-22(12-13-23(24)27(31)32)35-17-19-6-4-3-5-7-19/h3-14,18,30H,15-17H2,1-2H3,(H,33,34). The van der Waals surface area contributed by atoms with Gasteiger partial charge in [0.05, 0.1) is 6.54 Å². The maximum atomic E-state index is 13.6. The van der Waals surface area contributed by atoms with Crippen molar-refractivity contribution in [1.82, 2.24) is 9.88 Å². The van der Waals surface area contributed by atoms with Crippen molar-refractivity contribution in [3.8, 4) is 16.9 Å². The first-order valence-corrected chi connectivity index (χ1v) is 11.8. The lowest BCUT2D eigenvalue weighted by Crippen LogP contribution is -2.31. The van der Waals surface area contributed by atoms with E-state index in [0.717, 1.165) is 16.7 Å². The fraction of sp³-hybridized carbons (Fsp3) is 0.214. The van der Waals surface area contributed by atoms with E-state index in [4.69, 9.17) is 16.3 Å². The summed E-state index contributed by atoms with van der Waals surface area (Å²) in [5, 5.41) is 13.6. The first kappa shape index (κ1) is 24.4. The minimum absolute atomic E-state index is 0.0136. The fourth-order valence-corrected chi connectivity index (χ4v) is 4.27. The number of ether oxygens (including phenoxy) is 1. The van der Waals surface area contributed by atoms with Gasteiger partial charge in [-0.1, -0.05) is 67.9 Å². The van der Waals surface area contributed by atoms with Gasteiger partial charge in [0.15, 0.2) is 0 Å². The summed E-state index contributed by atoms with van der Waals surface area (Å²) in [6, 6.07) is 22.6. The number of aromatic nitrogens is 1. The smallest absolute Gasteiger partial charge is 0.404 e. The summed E-state index contributed by atoms with van der Waals surface area (Å²) in [7, 11) is 0. The Kier molecular flexibility index (Phi) is 7.42. The van der Waals surface area contributed by atoms with Crippen LogP contribution in [0.15, 0.2) is 77.6 Å². The maximum Gasteiger partial charge on any atom is 0.404 e. The number of carboxylic acid groups (broad SMARTS) is 1. The van der Waals surface area contributed by atoms with Crippen LogP contribution in [0.3, 0.4) is 0 Å². The predicted molar refractivity (Wildman–Crippen MR) is 139 cm³/mol. The third-order valence-electron chi connectivity index (χ3n) is 5.69. The van der Waals surface area contributed by atoms with E-state index in [1.807, 2.05) is 62.4 Å². The Bertz CT molecular complexity index is 1400. The van der Waals surface area contributed by atoms with Crippen molar-refractivity contribution in [2.24, 2.45) is 5.92 Å². The molecule has 0 saturated heterocycles. The molecule has 0 atom stereocenters. The number of hydrogen-bond acceptors (Lipinski definition) is 3. The van der Waals surface area contributed by atoms with E-state index < -0.39 is 6.09 Å². The highest BCUT2D eigenvalue weighted by Gasteiger charge is 2.20. The highest BCUT2D eigenvalue weighted by Crippen LogP contribution is 2.34. The molecule has 0 saturated carbocycles. The molecule has 4 rings (SSSR count). The van der Waals surface area contributed by atoms with Crippen molar-refractivity contribution in [3.63, 3.8) is 0 Å². The van der Waals surface area contributed by atoms with Gasteiger partial charge >= 0.3 is 6.09 Å². The molecular formula is C28H27ClN2O4. The van der Waals surface area contributed by atoms with Gasteiger partial charge in [-0.3, -0.25) is 4.79 Å². The summed E-state index contributed by atoms with van der Waals surface area (Å²) >= 11 is 6.14. The topological polar surface area (TPSA) is 80.6 Å². The third-order valence-corrected chi connectivity index (χ3v) is 5.94. The van der Waals surface area contributed by atoms with Crippen LogP contribution in [-0.2, 0) is 19.7 Å². The number of nitrogens with one attached hydrogen (secondary N) is 1. The van der Waals surface area contributed by atoms with E-state index in [9.17, 15) is 14.7 Å². The molecule has 6 nitrogen and oxygen atoms in total. The van der Waals surface area contributed by atoms with E-state index in [1.54, 1.807) is 28.8 Å². The largest absolute Gasteiger partial charge is 0.489 e. The zero-order valence-corrected chi connectivity index (χ0v) is 20.4. The molecule has 0 fully saturated rings. The lowest BCUT2D eigenvalue weighted by atomic mass is 9.96. The van der Waals surface area contributed by atoms with Crippen LogP contribution in [0.4, 0.5) is 4.79 Å². The van der Waals surface area contributed by atoms with Crippen LogP contribution in [0.1, 0.15) is 25.1 Å². The third kappa shape index (κ3) is 5.66. The van der Waals surface area contributed by atoms with E-state index in [0.29, 0.717) is 40.4 Å². The minimum Gasteiger partial charge on any atom is -0.489 e. The molecule has 0 unspecified atom stereocenters. The highest BCUT2D eigenvalue weighted by molar-refractivity contribution is 6.30. The van der Waals surface area contributed by atoms with Crippen molar-refractivity contribution in [1.29, 1.82) is 0 Å². The van der Waals surface area contributed by atoms with Gasteiger partial charge in [0.2, 0.25) is 0 Å². The zero-order chi connectivity index (χ0) is 24.9. The van der Waals surface area contributed by atoms with E-state index in [2.05, 4.69) is 5.32 Å². The van der Waals surface area contributed by atoms with Crippen molar-refractivity contribution in [2.75, 3.05) is 0 Å². The normalized spacial score (nSPS) is 11.1. The Hall–Kier alpha value is -3.77. The number of amides is 1. The van der Waals surface area contributed by atoms with Crippen LogP contribution in [0.2, 0.25) is 5.02 Å². The van der Waals surface area contributed by atoms with Crippen molar-refractivity contribution < 1.29 is 14.6 Å². The molecule has 7 heteroatoms. The Labute approximate surface area is 208 Å². The van der Waals surface area contributed by atoms with Gasteiger partial charge in [-0.2, -0.15) is 0 Å². The minimum atomic E-state index is -1.16. The monoisotopic (exact) mass is 490 g/mol. The Morgan fingerprint density at radius 2 is 1.74 bits per heavy atom. The quantitative estimate of drug-likeness (QED) is 0.302. The molecule has 0 aliphatic rings. The highest BCUT2D eigenvalue weighted by atomic mass is 35.5. The number of halogens is 1. The maximum absolute atomic E-state index is 13.6. The lowest BCUT2D eigenvalue weighted by molar-refractivity contribution is 0.193. The summed E-state index contributed by atoms with van der Waals surface area (Å²) in [5.41, 5.74) is 3.07. The number of fused-ring (bicyclic) bond motifs is 1. The van der Waals surface area contributed by atoms with Gasteiger partial charge in [-0.05, 0) is 47.4 Å². The molecule has 35 heavy (non-hydrogen) atoms. The molecule has 0 bridgehead atoms. The molecule has 2 N–H and O–H groups in total. The number of carbonyl (C=O) groups is 1. The van der Waals surface area contributed by atoms with Gasteiger partial charge < -0.3 is 19.7 Å². The Balaban J connectivity index is 1.93. The molecule has 0 aliphatic heterocycles. The lowest BCUT2D eigenvalue weighted by Gasteiger charge is -2.22. The van der Waals surface area contributed by atoms with E-state index >= 15 is 0 Å². The second-order valence-electron chi connectivity index (χ2n) is 8.78. The molecule has 1 heterocycles. The molecule has 180 valence electrons. The molecule has 4 aromatic rings. The molecule has 1 amide bonds. The van der Waals surface area contributed by atoms with Gasteiger partial charge in [0, 0.05) is 33.6 Å². The van der Waals surface area contributed by atoms with Crippen LogP contribution in [-0.4, -0.2) is 15.8 Å². The summed E-state index contributed by atoms with van der Waals surface area (Å²) in [5.74, 6) is 0.801. The molecule has 0 radical (unpaired) electrons. The van der Waals surface area contributed by atoms with Gasteiger partial charge in [-0.25, -0.2) is 4.79 Å². The number of benzene rings is 3. The predicted octanol–water partition coefficient (Wildman–Crippen LogP) is 6.32. The van der Waals surface area contributed by atoms with Crippen LogP contribution in [0.5, 0.6) is 5.75 Å². The number of hydrogen-bond donors (Lipinski definition) is 2. The summed E-state index contributed by atoms with van der Waals surface area (Å²) in [6.45, 7) is 4.88. The Morgan fingerprint density at radius 3 is 2.40 bits per heavy atom. The zero-order valence-electron chi connectivity index (χ0n) is 19.6. The molecule has 0 aliphatic carbocycles. The average Bonchev–Trinajstić information content (AvgIpc) is 2.84. The second-order valence-corrected chi connectivity index (χ2v) is 9.21. The number of pyridine rings is 1. The van der Waals surface area contributed by atoms with Crippen LogP contribution in [0, 0.1) is 5.92 Å². The van der Waals surface area contributed by atoms with Crippen LogP contribution >= 0.6 is 11.6 Å². The fourth-order valence-electron chi connectivity index (χ4n) is 4.15. The molecule has 0 spiro atoms. The summed E-state index contributed by atoms with van der Waals surface area (Å²) < 4.78 is 7.72. The van der Waals surface area contributed by atoms with Crippen molar-refractivity contribution >= 4 is 28.5 Å². The average molecular weight is 491 g/mol. The molecule has 1 aromatic heterocycles. The molecule has 3 aromatic carbocycles. The van der Waals surface area contributed by atoms with Crippen LogP contribution in [0.25, 0.3) is 21.9 Å². The molecular weight excluding hydrogens is 464 g/mol. The first-order valence-electron chi connectivity index (χ1n) is 11.4. The van der Waals surface area contributed by atoms with E-state index in [1.165, 1.54) is 0 Å². The van der Waals surface area contributed by atoms with Crippen molar-refractivity contribution in [2.45, 2.75) is 33.5 Å². The summed E-state index contributed by atoms with van der Waals surface area (Å²) in [4.78, 5) is 25.0. The van der Waals surface area contributed by atoms with Gasteiger partial charge in [0.25, 0.3) is 5.56 Å². The second kappa shape index (κ2) is 10.7. The first-order chi connectivity index (χ1) is 16.8. The van der Waals surface area contributed by atoms with Crippen LogP contribution < -0.4 is 15.6 Å². The van der Waals surface area contributed by atoms with Gasteiger partial charge in [-0.15, -0.1) is 0 Å².